The van der Waals surface area contributed by atoms with E-state index in [9.17, 15) is 0 Å². The molecule has 0 saturated carbocycles. The molecule has 22 valence electrons. The standard InChI is InChI=1S/Mg.O.Pb.Ti.W. The molecule has 6 radical (unpaired) electrons. The normalized spacial score (nSPS) is 0.800. The first-order valence-corrected chi connectivity index (χ1v) is 1.36. The molecule has 0 fully saturated rings. The van der Waals surface area contributed by atoms with Gasteiger partial charge in [-0.2, -0.15) is 0 Å². The van der Waals surface area contributed by atoms with E-state index in [1.165, 1.54) is 0 Å². The van der Waals surface area contributed by atoms with Gasteiger partial charge in [0.2, 0.25) is 0 Å². The van der Waals surface area contributed by atoms with Crippen molar-refractivity contribution in [2.24, 2.45) is 0 Å². The third-order valence-electron chi connectivity index (χ3n) is 0. The molecular weight excluding hydrogens is 479 g/mol. The van der Waals surface area contributed by atoms with Crippen molar-refractivity contribution in [3.63, 3.8) is 0 Å². The molecule has 1 nitrogen and oxygen atoms in total. The molecule has 5 heavy (non-hydrogen) atoms. The first-order valence-electron chi connectivity index (χ1n) is 0.167. The Morgan fingerprint density at radius 1 is 1.20 bits per heavy atom. The monoisotopic (exact) mass is 480 g/mol. The van der Waals surface area contributed by atoms with Crippen LogP contribution in [0.15, 0.2) is 0 Å². The average molecular weight is 479 g/mol. The summed E-state index contributed by atoms with van der Waals surface area (Å²) in [5, 5.41) is 0. The molecule has 0 heterocycles. The van der Waals surface area contributed by atoms with Gasteiger partial charge in [-0.1, -0.05) is 0 Å². The molecule has 0 rings (SSSR count). The van der Waals surface area contributed by atoms with Crippen LogP contribution in [0.25, 0.3) is 0 Å². The zero-order chi connectivity index (χ0) is 2.00. The topological polar surface area (TPSA) is 17.1 Å². The summed E-state index contributed by atoms with van der Waals surface area (Å²) in [5.74, 6) is 0. The van der Waals surface area contributed by atoms with Crippen LogP contribution in [0.4, 0.5) is 0 Å². The minimum absolute atomic E-state index is 0. The van der Waals surface area contributed by atoms with Gasteiger partial charge < -0.3 is 0 Å². The maximum Gasteiger partial charge on any atom is 0 e. The maximum atomic E-state index is 8.33. The Balaban J connectivity index is -0.00000000167. The van der Waals surface area contributed by atoms with Crippen LogP contribution in [-0.4, -0.2) is 50.4 Å². The van der Waals surface area contributed by atoms with Crippen LogP contribution in [0, 0.1) is 0 Å². The molecule has 0 aromatic rings. The summed E-state index contributed by atoms with van der Waals surface area (Å²) >= 11 is 0.333. The second-order valence-corrected chi connectivity index (χ2v) is 0. The van der Waals surface area contributed by atoms with Crippen LogP contribution in [0.3, 0.4) is 0 Å². The van der Waals surface area contributed by atoms with E-state index in [1.807, 2.05) is 0 Å². The van der Waals surface area contributed by atoms with E-state index in [2.05, 4.69) is 0 Å². The quantitative estimate of drug-likeness (QED) is 0.413. The molecule has 0 atom stereocenters. The van der Waals surface area contributed by atoms with Gasteiger partial charge in [-0.05, 0) is 0 Å². The largest absolute Gasteiger partial charge is 0 e. The fourth-order valence-electron chi connectivity index (χ4n) is 0. The van der Waals surface area contributed by atoms with Gasteiger partial charge in [0.15, 0.2) is 0 Å². The van der Waals surface area contributed by atoms with Crippen LogP contribution >= 0.6 is 0 Å². The molecule has 0 bridgehead atoms. The molecule has 0 aliphatic heterocycles. The van der Waals surface area contributed by atoms with Crippen LogP contribution in [0.2, 0.25) is 0 Å². The molecule has 0 unspecified atom stereocenters. The van der Waals surface area contributed by atoms with Crippen LogP contribution in [-0.2, 0) is 44.9 Å². The van der Waals surface area contributed by atoms with Crippen molar-refractivity contribution in [2.45, 2.75) is 0 Å². The van der Waals surface area contributed by atoms with Gasteiger partial charge >= 0.3 is 23.2 Å². The van der Waals surface area contributed by atoms with E-state index < -0.39 is 0 Å². The van der Waals surface area contributed by atoms with Crippen molar-refractivity contribution in [3.8, 4) is 0 Å². The summed E-state index contributed by atoms with van der Waals surface area (Å²) in [6.07, 6.45) is 0. The SMILES string of the molecule is [Mg].[O]=[W].[Pb].[Ti]. The van der Waals surface area contributed by atoms with E-state index in [0.717, 1.165) is 0 Å². The number of rotatable bonds is 0. The number of hydrogen-bond acceptors (Lipinski definition) is 1. The second kappa shape index (κ2) is 28.6. The van der Waals surface area contributed by atoms with Crippen LogP contribution in [0.5, 0.6) is 0 Å². The van der Waals surface area contributed by atoms with Crippen LogP contribution < -0.4 is 0 Å². The molecule has 0 aromatic heterocycles. The van der Waals surface area contributed by atoms with Gasteiger partial charge in [0, 0.05) is 72.1 Å². The molecule has 0 aromatic carbocycles. The first-order chi connectivity index (χ1) is 1.00. The first kappa shape index (κ1) is 24.8. The molecule has 0 saturated heterocycles. The smallest absolute Gasteiger partial charge is 0 e. The van der Waals surface area contributed by atoms with Crippen molar-refractivity contribution in [3.05, 3.63) is 0 Å². The Morgan fingerprint density at radius 2 is 1.20 bits per heavy atom. The fourth-order valence-corrected chi connectivity index (χ4v) is 0. The zero-order valence-corrected chi connectivity index (χ0v) is 12.3. The molecule has 0 amide bonds. The van der Waals surface area contributed by atoms with Crippen molar-refractivity contribution >= 4 is 50.4 Å². The second-order valence-electron chi connectivity index (χ2n) is 0. The van der Waals surface area contributed by atoms with Gasteiger partial charge in [0.05, 0.1) is 0 Å². The van der Waals surface area contributed by atoms with Crippen molar-refractivity contribution < 1.29 is 44.9 Å². The Morgan fingerprint density at radius 3 is 1.20 bits per heavy atom. The molecular formula is MgOPbTiW. The Hall–Kier alpha value is 2.89. The summed E-state index contributed by atoms with van der Waals surface area (Å²) in [7, 11) is 0. The summed E-state index contributed by atoms with van der Waals surface area (Å²) in [6, 6.07) is 0. The molecule has 0 aliphatic carbocycles. The predicted molar refractivity (Wildman–Crippen MR) is 12.2 cm³/mol. The van der Waals surface area contributed by atoms with E-state index in [-0.39, 0.29) is 72.1 Å². The van der Waals surface area contributed by atoms with E-state index in [4.69, 9.17) is 3.40 Å². The molecule has 5 heteroatoms. The van der Waals surface area contributed by atoms with Crippen molar-refractivity contribution in [1.82, 2.24) is 0 Å². The fraction of sp³-hybridized carbons (Fsp3) is 0. The average Bonchev–Trinajstić information content (AvgIpc) is 1.00. The molecule has 0 aliphatic rings. The third kappa shape index (κ3) is 19.7. The molecule has 0 spiro atoms. The maximum absolute atomic E-state index is 8.33. The Kier molecular flexibility index (Phi) is 142. The van der Waals surface area contributed by atoms with Gasteiger partial charge in [0.1, 0.15) is 0 Å². The van der Waals surface area contributed by atoms with Crippen molar-refractivity contribution in [1.29, 1.82) is 0 Å². The minimum atomic E-state index is 0. The zero-order valence-electron chi connectivity index (χ0n) is 2.52. The summed E-state index contributed by atoms with van der Waals surface area (Å²) in [6.45, 7) is 0. The van der Waals surface area contributed by atoms with Gasteiger partial charge in [0.25, 0.3) is 0 Å². The number of hydrogen-bond donors (Lipinski definition) is 0. The Labute approximate surface area is 93.4 Å². The summed E-state index contributed by atoms with van der Waals surface area (Å²) < 4.78 is 8.33. The Bertz CT molecular complexity index is 11.6. The van der Waals surface area contributed by atoms with Crippen molar-refractivity contribution in [2.75, 3.05) is 0 Å². The minimum Gasteiger partial charge on any atom is 0 e. The third-order valence-corrected chi connectivity index (χ3v) is 0. The van der Waals surface area contributed by atoms with E-state index in [1.54, 1.807) is 0 Å². The van der Waals surface area contributed by atoms with Gasteiger partial charge in [-0.15, -0.1) is 0 Å². The summed E-state index contributed by atoms with van der Waals surface area (Å²) in [5.41, 5.74) is 0. The molecule has 0 N–H and O–H groups in total. The van der Waals surface area contributed by atoms with E-state index >= 15 is 0 Å². The van der Waals surface area contributed by atoms with Gasteiger partial charge in [-0.25, -0.2) is 0 Å². The van der Waals surface area contributed by atoms with Crippen LogP contribution in [0.1, 0.15) is 0 Å². The summed E-state index contributed by atoms with van der Waals surface area (Å²) in [4.78, 5) is 0. The van der Waals surface area contributed by atoms with E-state index in [0.29, 0.717) is 19.8 Å². The van der Waals surface area contributed by atoms with Gasteiger partial charge in [-0.3, -0.25) is 0 Å². The predicted octanol–water partition coefficient (Wildman–Crippen LogP) is -0.885.